The fraction of sp³-hybridized carbons (Fsp3) is 0.423. The van der Waals surface area contributed by atoms with Gasteiger partial charge in [0.15, 0.2) is 0 Å². The Bertz CT molecular complexity index is 1390. The van der Waals surface area contributed by atoms with Crippen LogP contribution in [0.25, 0.3) is 11.3 Å². The van der Waals surface area contributed by atoms with Crippen LogP contribution in [0.4, 0.5) is 17.6 Å². The number of halogens is 4. The zero-order valence-corrected chi connectivity index (χ0v) is 21.6. The molecule has 0 bridgehead atoms. The Morgan fingerprint density at radius 3 is 2.41 bits per heavy atom. The SMILES string of the molecule is O=C(CC1(O)CCOc2ccccc21)N1CCC(O)(Cn2cc(-c3cncc(F)c3)nn2)CC1.O=C(O)C(F)(F)F. The van der Waals surface area contributed by atoms with Crippen LogP contribution in [0.3, 0.4) is 0 Å². The second kappa shape index (κ2) is 11.8. The number of carbonyl (C=O) groups excluding carboxylic acids is 1. The van der Waals surface area contributed by atoms with Gasteiger partial charge < -0.3 is 25.0 Å². The fourth-order valence-corrected chi connectivity index (χ4v) is 4.68. The van der Waals surface area contributed by atoms with Crippen molar-refractivity contribution >= 4 is 11.9 Å². The van der Waals surface area contributed by atoms with Gasteiger partial charge >= 0.3 is 12.1 Å². The third-order valence-electron chi connectivity index (χ3n) is 6.89. The highest BCUT2D eigenvalue weighted by molar-refractivity contribution is 5.78. The van der Waals surface area contributed by atoms with E-state index in [0.717, 1.165) is 6.20 Å². The van der Waals surface area contributed by atoms with Crippen molar-refractivity contribution in [2.45, 2.75) is 49.6 Å². The van der Waals surface area contributed by atoms with Gasteiger partial charge in [-0.3, -0.25) is 9.78 Å². The van der Waals surface area contributed by atoms with E-state index in [9.17, 15) is 32.6 Å². The molecule has 1 atom stereocenters. The van der Waals surface area contributed by atoms with E-state index in [4.69, 9.17) is 14.6 Å². The highest BCUT2D eigenvalue weighted by atomic mass is 19.4. The molecule has 1 fully saturated rings. The van der Waals surface area contributed by atoms with Crippen LogP contribution >= 0.6 is 0 Å². The number of aliphatic hydroxyl groups is 2. The van der Waals surface area contributed by atoms with Gasteiger partial charge in [-0.2, -0.15) is 13.2 Å². The van der Waals surface area contributed by atoms with Crippen molar-refractivity contribution in [2.24, 2.45) is 0 Å². The molecule has 0 spiro atoms. The Hall–Kier alpha value is -4.11. The molecule has 15 heteroatoms. The Morgan fingerprint density at radius 1 is 1.07 bits per heavy atom. The van der Waals surface area contributed by atoms with E-state index >= 15 is 0 Å². The molecule has 3 N–H and O–H groups in total. The summed E-state index contributed by atoms with van der Waals surface area (Å²) in [7, 11) is 0. The molecule has 1 aromatic carbocycles. The van der Waals surface area contributed by atoms with E-state index in [2.05, 4.69) is 15.3 Å². The quantitative estimate of drug-likeness (QED) is 0.386. The summed E-state index contributed by atoms with van der Waals surface area (Å²) in [5.74, 6) is -2.76. The average Bonchev–Trinajstić information content (AvgIpc) is 3.37. The van der Waals surface area contributed by atoms with Crippen LogP contribution in [0.2, 0.25) is 0 Å². The van der Waals surface area contributed by atoms with Crippen LogP contribution in [0.15, 0.2) is 48.9 Å². The molecule has 41 heavy (non-hydrogen) atoms. The first-order chi connectivity index (χ1) is 19.3. The van der Waals surface area contributed by atoms with Crippen LogP contribution in [0, 0.1) is 5.82 Å². The normalized spacial score (nSPS) is 19.8. The lowest BCUT2D eigenvalue weighted by atomic mass is 9.84. The molecule has 4 heterocycles. The second-order valence-corrected chi connectivity index (χ2v) is 9.90. The van der Waals surface area contributed by atoms with E-state index in [1.807, 2.05) is 12.1 Å². The molecule has 5 rings (SSSR count). The number of benzene rings is 1. The van der Waals surface area contributed by atoms with Gasteiger partial charge in [0.05, 0.1) is 37.6 Å². The van der Waals surface area contributed by atoms with Gasteiger partial charge in [0.2, 0.25) is 5.91 Å². The first-order valence-electron chi connectivity index (χ1n) is 12.5. The average molecular weight is 582 g/mol. The van der Waals surface area contributed by atoms with Gasteiger partial charge in [-0.15, -0.1) is 5.10 Å². The maximum atomic E-state index is 13.4. The molecule has 2 aliphatic heterocycles. The number of hydrogen-bond donors (Lipinski definition) is 3. The Morgan fingerprint density at radius 2 is 1.76 bits per heavy atom. The van der Waals surface area contributed by atoms with Crippen LogP contribution in [-0.2, 0) is 21.7 Å². The molecular weight excluding hydrogens is 554 g/mol. The molecule has 2 aliphatic rings. The highest BCUT2D eigenvalue weighted by Gasteiger charge is 2.41. The number of carboxylic acids is 1. The summed E-state index contributed by atoms with van der Waals surface area (Å²) in [5.41, 5.74) is -0.703. The van der Waals surface area contributed by atoms with Gasteiger partial charge in [0.25, 0.3) is 0 Å². The molecule has 3 aromatic rings. The molecule has 2 aromatic heterocycles. The van der Waals surface area contributed by atoms with Gasteiger partial charge in [-0.25, -0.2) is 13.9 Å². The summed E-state index contributed by atoms with van der Waals surface area (Å²) in [5, 5.41) is 37.5. The van der Waals surface area contributed by atoms with E-state index in [-0.39, 0.29) is 18.9 Å². The first kappa shape index (κ1) is 29.9. The number of alkyl halides is 3. The second-order valence-electron chi connectivity index (χ2n) is 9.90. The van der Waals surface area contributed by atoms with E-state index < -0.39 is 29.2 Å². The van der Waals surface area contributed by atoms with Crippen LogP contribution < -0.4 is 4.74 Å². The van der Waals surface area contributed by atoms with Crippen LogP contribution in [0.5, 0.6) is 5.75 Å². The molecular formula is C26H27F4N5O6. The fourth-order valence-electron chi connectivity index (χ4n) is 4.68. The highest BCUT2D eigenvalue weighted by Crippen LogP contribution is 2.39. The number of para-hydroxylation sites is 1. The number of carbonyl (C=O) groups is 2. The first-order valence-corrected chi connectivity index (χ1v) is 12.5. The maximum absolute atomic E-state index is 13.4. The summed E-state index contributed by atoms with van der Waals surface area (Å²) in [4.78, 5) is 27.4. The molecule has 0 aliphatic carbocycles. The number of ether oxygens (including phenoxy) is 1. The van der Waals surface area contributed by atoms with E-state index in [1.54, 1.807) is 23.2 Å². The lowest BCUT2D eigenvalue weighted by molar-refractivity contribution is -0.192. The minimum absolute atomic E-state index is 0.0279. The van der Waals surface area contributed by atoms with Gasteiger partial charge in [0.1, 0.15) is 22.9 Å². The molecule has 0 saturated carbocycles. The third kappa shape index (κ3) is 7.35. The van der Waals surface area contributed by atoms with Crippen molar-refractivity contribution in [2.75, 3.05) is 19.7 Å². The number of likely N-dealkylation sites (tertiary alicyclic amines) is 1. The zero-order valence-electron chi connectivity index (χ0n) is 21.6. The standard InChI is InChI=1S/C24H26FN5O4.C2HF3O2/c25-18-11-17(13-26-14-18)20-15-30(28-27-20)16-23(32)5-8-29(9-6-23)22(31)12-24(33)7-10-34-21-4-2-1-3-19(21)24;3-2(4,5)1(6)7/h1-4,11,13-15,32-33H,5-10,12,16H2;(H,6,7). The number of piperidine rings is 1. The summed E-state index contributed by atoms with van der Waals surface area (Å²) in [6, 6.07) is 8.58. The van der Waals surface area contributed by atoms with E-state index in [0.29, 0.717) is 61.5 Å². The molecule has 1 amide bonds. The van der Waals surface area contributed by atoms with Crippen molar-refractivity contribution in [3.05, 3.63) is 60.3 Å². The maximum Gasteiger partial charge on any atom is 0.490 e. The predicted octanol–water partition coefficient (Wildman–Crippen LogP) is 2.53. The number of aliphatic carboxylic acids is 1. The molecule has 0 radical (unpaired) electrons. The van der Waals surface area contributed by atoms with Crippen molar-refractivity contribution in [3.63, 3.8) is 0 Å². The smallest absolute Gasteiger partial charge is 0.490 e. The number of pyridine rings is 1. The van der Waals surface area contributed by atoms with Crippen molar-refractivity contribution in [1.82, 2.24) is 24.9 Å². The topological polar surface area (TPSA) is 151 Å². The summed E-state index contributed by atoms with van der Waals surface area (Å²) < 4.78 is 52.3. The van der Waals surface area contributed by atoms with Gasteiger partial charge in [-0.1, -0.05) is 23.4 Å². The zero-order chi connectivity index (χ0) is 29.8. The van der Waals surface area contributed by atoms with Crippen molar-refractivity contribution in [3.8, 4) is 17.0 Å². The number of amides is 1. The predicted molar refractivity (Wildman–Crippen MR) is 133 cm³/mol. The largest absolute Gasteiger partial charge is 0.493 e. The lowest BCUT2D eigenvalue weighted by Crippen LogP contribution is -2.50. The number of carboxylic acid groups (broad SMARTS) is 1. The number of nitrogens with zero attached hydrogens (tertiary/aromatic N) is 5. The number of aromatic nitrogens is 4. The van der Waals surface area contributed by atoms with Gasteiger partial charge in [-0.05, 0) is 25.0 Å². The minimum Gasteiger partial charge on any atom is -0.493 e. The molecule has 220 valence electrons. The summed E-state index contributed by atoms with van der Waals surface area (Å²) in [6.45, 7) is 1.31. The number of rotatable bonds is 5. The molecule has 1 saturated heterocycles. The number of fused-ring (bicyclic) bond motifs is 1. The third-order valence-corrected chi connectivity index (χ3v) is 6.89. The lowest BCUT2D eigenvalue weighted by Gasteiger charge is -2.40. The monoisotopic (exact) mass is 581 g/mol. The Balaban J connectivity index is 0.000000493. The van der Waals surface area contributed by atoms with Crippen LogP contribution in [0.1, 0.15) is 31.2 Å². The van der Waals surface area contributed by atoms with Crippen molar-refractivity contribution in [1.29, 1.82) is 0 Å². The Kier molecular flexibility index (Phi) is 8.58. The Labute approximate surface area is 231 Å². The van der Waals surface area contributed by atoms with Gasteiger partial charge in [0, 0.05) is 36.8 Å². The van der Waals surface area contributed by atoms with E-state index in [1.165, 1.54) is 16.9 Å². The molecule has 1 unspecified atom stereocenters. The number of hydrogen-bond acceptors (Lipinski definition) is 8. The summed E-state index contributed by atoms with van der Waals surface area (Å²) >= 11 is 0. The van der Waals surface area contributed by atoms with Crippen molar-refractivity contribution < 1.29 is 47.2 Å². The molecule has 11 nitrogen and oxygen atoms in total. The minimum atomic E-state index is -5.08. The van der Waals surface area contributed by atoms with Crippen LogP contribution in [-0.4, -0.2) is 83.5 Å². The summed E-state index contributed by atoms with van der Waals surface area (Å²) in [6.07, 6.45) is 0.236.